The van der Waals surface area contributed by atoms with Crippen LogP contribution in [0.25, 0.3) is 6.08 Å². The third kappa shape index (κ3) is 5.29. The van der Waals surface area contributed by atoms with Gasteiger partial charge in [-0.05, 0) is 134 Å². The number of hydrogen-bond donors (Lipinski definition) is 0. The van der Waals surface area contributed by atoms with E-state index < -0.39 is 25.2 Å². The van der Waals surface area contributed by atoms with Gasteiger partial charge in [-0.15, -0.1) is 0 Å². The highest BCUT2D eigenvalue weighted by molar-refractivity contribution is 6.94. The Morgan fingerprint density at radius 1 is 0.763 bits per heavy atom. The lowest BCUT2D eigenvalue weighted by atomic mass is 9.46. The Morgan fingerprint density at radius 2 is 1.26 bits per heavy atom. The van der Waals surface area contributed by atoms with Crippen LogP contribution in [0.5, 0.6) is 0 Å². The van der Waals surface area contributed by atoms with Crippen molar-refractivity contribution in [3.05, 3.63) is 36.4 Å². The first-order chi connectivity index (χ1) is 17.6. The van der Waals surface area contributed by atoms with E-state index in [1.807, 2.05) is 6.08 Å². The molecule has 0 aliphatic heterocycles. The van der Waals surface area contributed by atoms with Gasteiger partial charge >= 0.3 is 8.56 Å². The van der Waals surface area contributed by atoms with Crippen LogP contribution in [0.1, 0.15) is 71.8 Å². The van der Waals surface area contributed by atoms with Crippen molar-refractivity contribution in [2.45, 2.75) is 111 Å². The minimum atomic E-state index is -2.42. The summed E-state index contributed by atoms with van der Waals surface area (Å²) >= 11 is 0. The highest BCUT2D eigenvalue weighted by Crippen LogP contribution is 2.64. The average molecular weight is 569 g/mol. The van der Waals surface area contributed by atoms with Crippen molar-refractivity contribution in [1.29, 1.82) is 0 Å². The molecule has 0 saturated heterocycles. The smallest absolute Gasteiger partial charge is 0.314 e. The predicted molar refractivity (Wildman–Crippen MR) is 171 cm³/mol. The predicted octanol–water partition coefficient (Wildman–Crippen LogP) is 9.20. The van der Waals surface area contributed by atoms with Gasteiger partial charge in [-0.2, -0.15) is 0 Å². The first-order valence-corrected chi connectivity index (χ1v) is 24.2. The Morgan fingerprint density at radius 3 is 1.68 bits per heavy atom. The molecule has 6 saturated carbocycles. The fourth-order valence-corrected chi connectivity index (χ4v) is 24.9. The van der Waals surface area contributed by atoms with E-state index in [4.69, 9.17) is 8.23 Å². The topological polar surface area (TPSA) is 18.5 Å². The molecule has 8 unspecified atom stereocenters. The van der Waals surface area contributed by atoms with Crippen LogP contribution >= 0.6 is 0 Å². The van der Waals surface area contributed by atoms with Crippen LogP contribution in [-0.4, -0.2) is 25.2 Å². The molecule has 0 aromatic heterocycles. The zero-order valence-corrected chi connectivity index (χ0v) is 29.0. The van der Waals surface area contributed by atoms with Gasteiger partial charge in [0, 0.05) is 0 Å². The Hall–Kier alpha value is -0.469. The van der Waals surface area contributed by atoms with Crippen LogP contribution in [0, 0.1) is 46.3 Å². The van der Waals surface area contributed by atoms with Gasteiger partial charge in [0.2, 0.25) is 8.32 Å². The highest BCUT2D eigenvalue weighted by Gasteiger charge is 2.59. The van der Waals surface area contributed by atoms with E-state index >= 15 is 0 Å². The maximum atomic E-state index is 7.80. The van der Waals surface area contributed by atoms with E-state index in [2.05, 4.69) is 91.3 Å². The lowest BCUT2D eigenvalue weighted by Crippen LogP contribution is -2.63. The molecule has 6 fully saturated rings. The van der Waals surface area contributed by atoms with Crippen LogP contribution in [0.3, 0.4) is 0 Å². The molecule has 6 aliphatic rings. The van der Waals surface area contributed by atoms with E-state index in [1.54, 1.807) is 0 Å². The molecule has 6 aliphatic carbocycles. The molecule has 0 amide bonds. The lowest BCUT2D eigenvalue weighted by molar-refractivity contribution is -0.101. The molecule has 0 radical (unpaired) electrons. The maximum Gasteiger partial charge on any atom is 0.314 e. The Labute approximate surface area is 237 Å². The molecule has 2 nitrogen and oxygen atoms in total. The summed E-state index contributed by atoms with van der Waals surface area (Å²) in [5, 5.41) is 1.47. The fraction of sp³-hybridized carbons (Fsp3) is 0.758. The quantitative estimate of drug-likeness (QED) is 0.262. The third-order valence-electron chi connectivity index (χ3n) is 12.0. The molecule has 0 N–H and O–H groups in total. The van der Waals surface area contributed by atoms with E-state index in [0.717, 1.165) is 35.5 Å². The Balaban J connectivity index is 1.46. The summed E-state index contributed by atoms with van der Waals surface area (Å²) < 4.78 is 15.1. The van der Waals surface area contributed by atoms with Crippen molar-refractivity contribution in [3.63, 3.8) is 0 Å². The molecule has 5 heteroatoms. The molecule has 7 rings (SSSR count). The second kappa shape index (κ2) is 9.82. The molecule has 8 atom stereocenters. The molecule has 212 valence electrons. The highest BCUT2D eigenvalue weighted by atomic mass is 28.5. The molecule has 0 heterocycles. The molecule has 1 aromatic carbocycles. The van der Waals surface area contributed by atoms with Crippen molar-refractivity contribution < 1.29 is 8.23 Å². The lowest BCUT2D eigenvalue weighted by Gasteiger charge is -2.62. The summed E-state index contributed by atoms with van der Waals surface area (Å²) in [5.41, 5.74) is 2.22. The van der Waals surface area contributed by atoms with Crippen LogP contribution in [0.2, 0.25) is 44.8 Å². The van der Waals surface area contributed by atoms with Gasteiger partial charge in [0.1, 0.15) is 0 Å². The molecular weight excluding hydrogens is 513 g/mol. The van der Waals surface area contributed by atoms with Gasteiger partial charge in [-0.1, -0.05) is 71.0 Å². The van der Waals surface area contributed by atoms with Crippen LogP contribution in [0.15, 0.2) is 30.8 Å². The van der Waals surface area contributed by atoms with Crippen LogP contribution in [-0.2, 0) is 8.23 Å². The molecule has 38 heavy (non-hydrogen) atoms. The van der Waals surface area contributed by atoms with E-state index in [-0.39, 0.29) is 0 Å². The first kappa shape index (κ1) is 29.0. The van der Waals surface area contributed by atoms with E-state index in [0.29, 0.717) is 10.8 Å². The zero-order valence-electron chi connectivity index (χ0n) is 26.0. The first-order valence-electron chi connectivity index (χ1n) is 15.7. The summed E-state index contributed by atoms with van der Waals surface area (Å²) in [5.74, 6) is 5.16. The van der Waals surface area contributed by atoms with Crippen molar-refractivity contribution in [2.24, 2.45) is 46.3 Å². The van der Waals surface area contributed by atoms with E-state index in [9.17, 15) is 0 Å². The molecular formula is C33H56O2Si3. The van der Waals surface area contributed by atoms with Gasteiger partial charge in [0.25, 0.3) is 0 Å². The SMILES string of the molecule is C=Cc1ccc([Si](C)(CC2CCC3CC2C3(C)C)O[Si](C)(CC2CCC3CC2C3(C)C)O[Si](C)(C)C)cc1. The zero-order chi connectivity index (χ0) is 27.7. The van der Waals surface area contributed by atoms with E-state index in [1.165, 1.54) is 61.4 Å². The van der Waals surface area contributed by atoms with Crippen molar-refractivity contribution >= 4 is 36.5 Å². The van der Waals surface area contributed by atoms with Gasteiger partial charge < -0.3 is 8.23 Å². The van der Waals surface area contributed by atoms with Crippen LogP contribution in [0.4, 0.5) is 0 Å². The summed E-state index contributed by atoms with van der Waals surface area (Å²) in [4.78, 5) is 0. The van der Waals surface area contributed by atoms with Gasteiger partial charge in [-0.25, -0.2) is 0 Å². The van der Waals surface area contributed by atoms with Crippen molar-refractivity contribution in [2.75, 3.05) is 0 Å². The second-order valence-corrected chi connectivity index (χ2v) is 28.3. The van der Waals surface area contributed by atoms with Crippen molar-refractivity contribution in [3.8, 4) is 0 Å². The Kier molecular flexibility index (Phi) is 7.50. The largest absolute Gasteiger partial charge is 0.437 e. The molecule has 1 aromatic rings. The second-order valence-electron chi connectivity index (χ2n) is 16.3. The maximum absolute atomic E-state index is 7.80. The number of rotatable bonds is 10. The third-order valence-corrected chi connectivity index (χ3v) is 23.8. The summed E-state index contributed by atoms with van der Waals surface area (Å²) in [7, 11) is -6.46. The fourth-order valence-electron chi connectivity index (χ4n) is 9.81. The van der Waals surface area contributed by atoms with Crippen LogP contribution < -0.4 is 5.19 Å². The van der Waals surface area contributed by atoms with Gasteiger partial charge in [0.05, 0.1) is 0 Å². The minimum absolute atomic E-state index is 0.507. The number of benzene rings is 1. The summed E-state index contributed by atoms with van der Waals surface area (Å²) in [6, 6.07) is 11.7. The average Bonchev–Trinajstić information content (AvgIpc) is 2.82. The molecule has 4 bridgehead atoms. The van der Waals surface area contributed by atoms with Crippen molar-refractivity contribution in [1.82, 2.24) is 0 Å². The minimum Gasteiger partial charge on any atom is -0.437 e. The summed E-state index contributed by atoms with van der Waals surface area (Å²) in [6.45, 7) is 26.3. The monoisotopic (exact) mass is 568 g/mol. The standard InChI is InChI=1S/C33H56O2Si3/c1-11-24-12-18-29(19-13-24)37(9,22-25-14-16-27-20-30(25)32(27,2)3)35-38(10,34-36(6,7)8)23-26-15-17-28-21-31(26)33(28,4)5/h11-13,18-19,25-28,30-31H,1,14-17,20-23H2,2-10H3. The molecule has 0 spiro atoms. The number of fused-ring (bicyclic) bond motifs is 4. The van der Waals surface area contributed by atoms with Gasteiger partial charge in [0.15, 0.2) is 8.32 Å². The summed E-state index contributed by atoms with van der Waals surface area (Å²) in [6.07, 6.45) is 10.4. The normalized spacial score (nSPS) is 36.2. The number of hydrogen-bond acceptors (Lipinski definition) is 2. The van der Waals surface area contributed by atoms with Gasteiger partial charge in [-0.3, -0.25) is 0 Å². The Bertz CT molecular complexity index is 1020.